The molecule has 142 valence electrons. The van der Waals surface area contributed by atoms with Gasteiger partial charge in [-0.1, -0.05) is 18.2 Å². The molecule has 0 radical (unpaired) electrons. The van der Waals surface area contributed by atoms with Crippen LogP contribution in [0.4, 0.5) is 13.2 Å². The Hall–Kier alpha value is -2.81. The van der Waals surface area contributed by atoms with Crippen molar-refractivity contribution in [3.63, 3.8) is 0 Å². The molecule has 0 spiro atoms. The maximum Gasteiger partial charge on any atom is 0.471 e. The normalized spacial score (nSPS) is 11.0. The molecule has 0 atom stereocenters. The smallest absolute Gasteiger partial charge is 0.422 e. The molecule has 0 saturated carbocycles. The summed E-state index contributed by atoms with van der Waals surface area (Å²) in [6, 6.07) is 12.4. The molecule has 9 heteroatoms. The van der Waals surface area contributed by atoms with E-state index in [9.17, 15) is 27.6 Å². The van der Waals surface area contributed by atoms with E-state index in [2.05, 4.69) is 0 Å². The van der Waals surface area contributed by atoms with Crippen molar-refractivity contribution in [3.05, 3.63) is 59.7 Å². The summed E-state index contributed by atoms with van der Waals surface area (Å²) >= 11 is 1.20. The number of carbonyl (C=O) groups is 3. The molecule has 0 aliphatic heterocycles. The first kappa shape index (κ1) is 20.5. The molecule has 0 aliphatic carbocycles. The van der Waals surface area contributed by atoms with Crippen molar-refractivity contribution in [2.45, 2.75) is 11.1 Å². The summed E-state index contributed by atoms with van der Waals surface area (Å²) in [6.45, 7) is -0.796. The first-order valence-corrected chi connectivity index (χ1v) is 8.78. The van der Waals surface area contributed by atoms with Gasteiger partial charge in [0.2, 0.25) is 0 Å². The number of hydrogen-bond acceptors (Lipinski definition) is 5. The summed E-state index contributed by atoms with van der Waals surface area (Å²) in [5.74, 6) is -3.26. The second-order valence-electron chi connectivity index (χ2n) is 5.22. The fraction of sp³-hybridized carbons (Fsp3) is 0.167. The standard InChI is InChI=1S/C18H14F3NO4S/c1-27-15-9-12(13(23)10-22-17(25)18(19,20)21)7-8-14(15)26-16(24)11-5-3-2-4-6-11/h2-9H,10H2,1H3,(H,22,25). The Bertz CT molecular complexity index is 853. The molecule has 2 aromatic rings. The molecule has 2 rings (SSSR count). The molecule has 0 aromatic heterocycles. The largest absolute Gasteiger partial charge is 0.471 e. The molecule has 0 unspecified atom stereocenters. The van der Waals surface area contributed by atoms with Gasteiger partial charge in [-0.15, -0.1) is 11.8 Å². The van der Waals surface area contributed by atoms with Crippen LogP contribution >= 0.6 is 11.8 Å². The molecule has 0 saturated heterocycles. The second kappa shape index (κ2) is 8.72. The Balaban J connectivity index is 2.10. The van der Waals surface area contributed by atoms with Gasteiger partial charge in [-0.2, -0.15) is 13.2 Å². The van der Waals surface area contributed by atoms with Gasteiger partial charge < -0.3 is 10.1 Å². The number of nitrogens with one attached hydrogen (secondary N) is 1. The highest BCUT2D eigenvalue weighted by molar-refractivity contribution is 7.98. The van der Waals surface area contributed by atoms with Gasteiger partial charge in [0, 0.05) is 5.56 Å². The fourth-order valence-corrected chi connectivity index (χ4v) is 2.58. The van der Waals surface area contributed by atoms with E-state index >= 15 is 0 Å². The lowest BCUT2D eigenvalue weighted by atomic mass is 10.1. The van der Waals surface area contributed by atoms with Crippen molar-refractivity contribution in [2.75, 3.05) is 12.8 Å². The van der Waals surface area contributed by atoms with Gasteiger partial charge in [0.25, 0.3) is 0 Å². The van der Waals surface area contributed by atoms with Crippen LogP contribution in [-0.4, -0.2) is 36.6 Å². The molecule has 27 heavy (non-hydrogen) atoms. The van der Waals surface area contributed by atoms with Crippen molar-refractivity contribution in [1.29, 1.82) is 0 Å². The first-order chi connectivity index (χ1) is 12.7. The summed E-state index contributed by atoms with van der Waals surface area (Å²) in [6.07, 6.45) is -3.37. The number of ketones is 1. The summed E-state index contributed by atoms with van der Waals surface area (Å²) in [5.41, 5.74) is 0.431. The number of Topliss-reactive ketones (excluding diaryl/α,β-unsaturated/α-hetero) is 1. The zero-order valence-corrected chi connectivity index (χ0v) is 14.8. The van der Waals surface area contributed by atoms with Crippen molar-refractivity contribution in [1.82, 2.24) is 5.32 Å². The monoisotopic (exact) mass is 397 g/mol. The molecule has 0 bridgehead atoms. The van der Waals surface area contributed by atoms with Crippen molar-refractivity contribution in [2.24, 2.45) is 0 Å². The molecular weight excluding hydrogens is 383 g/mol. The molecule has 1 amide bonds. The van der Waals surface area contributed by atoms with Crippen molar-refractivity contribution < 1.29 is 32.3 Å². The van der Waals surface area contributed by atoms with Crippen LogP contribution < -0.4 is 10.1 Å². The Morgan fingerprint density at radius 2 is 1.70 bits per heavy atom. The lowest BCUT2D eigenvalue weighted by Gasteiger charge is -2.11. The van der Waals surface area contributed by atoms with Crippen LogP contribution in [0.25, 0.3) is 0 Å². The number of hydrogen-bond donors (Lipinski definition) is 1. The van der Waals surface area contributed by atoms with Gasteiger partial charge in [0.05, 0.1) is 17.0 Å². The van der Waals surface area contributed by atoms with E-state index in [1.54, 1.807) is 36.6 Å². The van der Waals surface area contributed by atoms with E-state index < -0.39 is 30.4 Å². The second-order valence-corrected chi connectivity index (χ2v) is 6.07. The fourth-order valence-electron chi connectivity index (χ4n) is 2.02. The molecule has 1 N–H and O–H groups in total. The number of halogens is 3. The lowest BCUT2D eigenvalue weighted by Crippen LogP contribution is -2.39. The molecule has 2 aromatic carbocycles. The van der Waals surface area contributed by atoms with E-state index in [0.717, 1.165) is 0 Å². The molecule has 0 heterocycles. The van der Waals surface area contributed by atoms with Crippen molar-refractivity contribution >= 4 is 29.4 Å². The van der Waals surface area contributed by atoms with E-state index in [1.807, 2.05) is 0 Å². The number of ether oxygens (including phenoxy) is 1. The maximum atomic E-state index is 12.2. The number of benzene rings is 2. The van der Waals surface area contributed by atoms with E-state index in [-0.39, 0.29) is 11.3 Å². The van der Waals surface area contributed by atoms with Gasteiger partial charge in [-0.3, -0.25) is 9.59 Å². The van der Waals surface area contributed by atoms with Gasteiger partial charge in [0.1, 0.15) is 5.75 Å². The Kier molecular flexibility index (Phi) is 6.62. The lowest BCUT2D eigenvalue weighted by molar-refractivity contribution is -0.173. The van der Waals surface area contributed by atoms with Crippen molar-refractivity contribution in [3.8, 4) is 5.75 Å². The number of rotatable bonds is 6. The zero-order valence-electron chi connectivity index (χ0n) is 14.0. The third-order valence-electron chi connectivity index (χ3n) is 3.36. The van der Waals surface area contributed by atoms with Crippen LogP contribution in [0, 0.1) is 0 Å². The van der Waals surface area contributed by atoms with Crippen LogP contribution in [-0.2, 0) is 4.79 Å². The summed E-state index contributed by atoms with van der Waals surface area (Å²) < 4.78 is 41.8. The van der Waals surface area contributed by atoms with Gasteiger partial charge >= 0.3 is 18.1 Å². The third kappa shape index (κ3) is 5.58. The van der Waals surface area contributed by atoms with Gasteiger partial charge in [-0.05, 0) is 36.6 Å². The van der Waals surface area contributed by atoms with E-state index in [0.29, 0.717) is 10.5 Å². The minimum atomic E-state index is -5.06. The Morgan fingerprint density at radius 3 is 2.30 bits per heavy atom. The number of amides is 1. The number of esters is 1. The highest BCUT2D eigenvalue weighted by Gasteiger charge is 2.38. The molecular formula is C18H14F3NO4S. The molecule has 5 nitrogen and oxygen atoms in total. The highest BCUT2D eigenvalue weighted by Crippen LogP contribution is 2.29. The van der Waals surface area contributed by atoms with Crippen LogP contribution in [0.5, 0.6) is 5.75 Å². The van der Waals surface area contributed by atoms with Crippen LogP contribution in [0.3, 0.4) is 0 Å². The molecule has 0 aliphatic rings. The van der Waals surface area contributed by atoms with Crippen LogP contribution in [0.15, 0.2) is 53.4 Å². The average molecular weight is 397 g/mol. The number of thioether (sulfide) groups is 1. The van der Waals surface area contributed by atoms with Crippen LogP contribution in [0.1, 0.15) is 20.7 Å². The predicted octanol–water partition coefficient (Wildman–Crippen LogP) is 3.49. The summed E-state index contributed by atoms with van der Waals surface area (Å²) in [5, 5.41) is 1.52. The van der Waals surface area contributed by atoms with Crippen LogP contribution in [0.2, 0.25) is 0 Å². The summed E-state index contributed by atoms with van der Waals surface area (Å²) in [7, 11) is 0. The minimum absolute atomic E-state index is 0.0846. The minimum Gasteiger partial charge on any atom is -0.422 e. The number of alkyl halides is 3. The van der Waals surface area contributed by atoms with Gasteiger partial charge in [0.15, 0.2) is 5.78 Å². The maximum absolute atomic E-state index is 12.2. The topological polar surface area (TPSA) is 72.5 Å². The molecule has 0 fully saturated rings. The SMILES string of the molecule is CSc1cc(C(=O)CNC(=O)C(F)(F)F)ccc1OC(=O)c1ccccc1. The quantitative estimate of drug-likeness (QED) is 0.350. The summed E-state index contributed by atoms with van der Waals surface area (Å²) in [4.78, 5) is 35.4. The van der Waals surface area contributed by atoms with Gasteiger partial charge in [-0.25, -0.2) is 4.79 Å². The Labute approximate surface area is 156 Å². The zero-order chi connectivity index (χ0) is 20.0. The van der Waals surface area contributed by atoms with E-state index in [1.165, 1.54) is 35.3 Å². The number of carbonyl (C=O) groups excluding carboxylic acids is 3. The Morgan fingerprint density at radius 1 is 1.04 bits per heavy atom. The third-order valence-corrected chi connectivity index (χ3v) is 4.12. The average Bonchev–Trinajstić information content (AvgIpc) is 2.65. The highest BCUT2D eigenvalue weighted by atomic mass is 32.2. The predicted molar refractivity (Wildman–Crippen MR) is 93.0 cm³/mol. The van der Waals surface area contributed by atoms with E-state index in [4.69, 9.17) is 4.74 Å². The first-order valence-electron chi connectivity index (χ1n) is 7.56.